The summed E-state index contributed by atoms with van der Waals surface area (Å²) in [5.74, 6) is 1.07. The lowest BCUT2D eigenvalue weighted by molar-refractivity contribution is -0.117. The summed E-state index contributed by atoms with van der Waals surface area (Å²) in [7, 11) is 0. The zero-order valence-corrected chi connectivity index (χ0v) is 16.6. The van der Waals surface area contributed by atoms with Crippen LogP contribution >= 0.6 is 0 Å². The number of hydrogen-bond acceptors (Lipinski definition) is 5. The Hall–Kier alpha value is -2.47. The zero-order valence-electron chi connectivity index (χ0n) is 16.6. The van der Waals surface area contributed by atoms with Gasteiger partial charge < -0.3 is 15.4 Å². The fraction of sp³-hybridized carbons (Fsp3) is 0.500. The molecule has 4 rings (SSSR count). The van der Waals surface area contributed by atoms with Crippen molar-refractivity contribution in [3.8, 4) is 16.9 Å². The molecule has 1 aliphatic heterocycles. The number of rotatable bonds is 6. The van der Waals surface area contributed by atoms with Crippen molar-refractivity contribution in [2.45, 2.75) is 52.0 Å². The van der Waals surface area contributed by atoms with E-state index >= 15 is 0 Å². The van der Waals surface area contributed by atoms with Crippen LogP contribution in [-0.2, 0) is 4.79 Å². The van der Waals surface area contributed by atoms with Gasteiger partial charge in [-0.3, -0.25) is 4.79 Å². The van der Waals surface area contributed by atoms with Gasteiger partial charge in [-0.05, 0) is 64.3 Å². The van der Waals surface area contributed by atoms with Crippen LogP contribution in [0.3, 0.4) is 0 Å². The van der Waals surface area contributed by atoms with Gasteiger partial charge in [0.25, 0.3) is 0 Å². The van der Waals surface area contributed by atoms with E-state index in [-0.39, 0.29) is 11.8 Å². The first kappa shape index (κ1) is 18.9. The van der Waals surface area contributed by atoms with Crippen LogP contribution in [0.1, 0.15) is 43.5 Å². The highest BCUT2D eigenvalue weighted by Gasteiger charge is 2.29. The normalized spacial score (nSPS) is 19.3. The largest absolute Gasteiger partial charge is 0.491 e. The first-order valence-corrected chi connectivity index (χ1v) is 10.2. The van der Waals surface area contributed by atoms with Crippen molar-refractivity contribution in [1.29, 1.82) is 0 Å². The standard InChI is InChI=1S/C22H28N4O2/c1-14-21(15(2)25-13-24-14)19-11-17(26-22(27)16-6-7-16)8-9-20(19)28-12-18-5-3-4-10-23-18/h8-9,11,13,16,18,23H,3-7,10,12H2,1-2H3,(H,26,27)/t18-/m1/s1. The number of aromatic nitrogens is 2. The molecule has 2 fully saturated rings. The predicted molar refractivity (Wildman–Crippen MR) is 109 cm³/mol. The number of carbonyl (C=O) groups excluding carboxylic acids is 1. The number of hydrogen-bond donors (Lipinski definition) is 2. The van der Waals surface area contributed by atoms with E-state index in [4.69, 9.17) is 4.74 Å². The smallest absolute Gasteiger partial charge is 0.227 e. The molecule has 148 valence electrons. The number of nitrogens with one attached hydrogen (secondary N) is 2. The molecule has 2 heterocycles. The molecule has 2 aromatic rings. The van der Waals surface area contributed by atoms with E-state index in [1.807, 2.05) is 32.0 Å². The molecule has 1 saturated carbocycles. The van der Waals surface area contributed by atoms with Gasteiger partial charge in [0.1, 0.15) is 18.7 Å². The highest BCUT2D eigenvalue weighted by Crippen LogP contribution is 2.37. The molecule has 6 nitrogen and oxygen atoms in total. The summed E-state index contributed by atoms with van der Waals surface area (Å²) in [6, 6.07) is 6.24. The molecule has 0 spiro atoms. The topological polar surface area (TPSA) is 76.1 Å². The average molecular weight is 380 g/mol. The Morgan fingerprint density at radius 1 is 1.18 bits per heavy atom. The molecule has 1 amide bonds. The van der Waals surface area contributed by atoms with E-state index in [0.29, 0.717) is 12.6 Å². The molecule has 1 aliphatic carbocycles. The summed E-state index contributed by atoms with van der Waals surface area (Å²) in [4.78, 5) is 20.9. The lowest BCUT2D eigenvalue weighted by Gasteiger charge is -2.24. The number of nitrogens with zero attached hydrogens (tertiary/aromatic N) is 2. The predicted octanol–water partition coefficient (Wildman–Crippen LogP) is 3.63. The second-order valence-electron chi connectivity index (χ2n) is 7.85. The highest BCUT2D eigenvalue weighted by molar-refractivity contribution is 5.95. The lowest BCUT2D eigenvalue weighted by atomic mass is 10.0. The number of ether oxygens (including phenoxy) is 1. The summed E-state index contributed by atoms with van der Waals surface area (Å²) in [5, 5.41) is 6.56. The summed E-state index contributed by atoms with van der Waals surface area (Å²) >= 11 is 0. The van der Waals surface area contributed by atoms with Crippen LogP contribution in [0.4, 0.5) is 5.69 Å². The molecule has 2 N–H and O–H groups in total. The Kier molecular flexibility index (Phi) is 5.57. The summed E-state index contributed by atoms with van der Waals surface area (Å²) in [6.07, 6.45) is 7.16. The van der Waals surface area contributed by atoms with Gasteiger partial charge in [0.15, 0.2) is 0 Å². The second-order valence-corrected chi connectivity index (χ2v) is 7.85. The quantitative estimate of drug-likeness (QED) is 0.800. The van der Waals surface area contributed by atoms with Crippen molar-refractivity contribution < 1.29 is 9.53 Å². The third-order valence-corrected chi connectivity index (χ3v) is 5.54. The monoisotopic (exact) mass is 380 g/mol. The van der Waals surface area contributed by atoms with Crippen molar-refractivity contribution >= 4 is 11.6 Å². The van der Waals surface area contributed by atoms with Gasteiger partial charge in [0.2, 0.25) is 5.91 Å². The summed E-state index contributed by atoms with van der Waals surface area (Å²) < 4.78 is 6.23. The second kappa shape index (κ2) is 8.27. The highest BCUT2D eigenvalue weighted by atomic mass is 16.5. The Morgan fingerprint density at radius 3 is 2.64 bits per heavy atom. The van der Waals surface area contributed by atoms with E-state index in [1.165, 1.54) is 12.8 Å². The van der Waals surface area contributed by atoms with E-state index in [2.05, 4.69) is 20.6 Å². The van der Waals surface area contributed by atoms with Crippen molar-refractivity contribution in [1.82, 2.24) is 15.3 Å². The van der Waals surface area contributed by atoms with Crippen LogP contribution in [0.15, 0.2) is 24.5 Å². The Bertz CT molecular complexity index is 837. The molecule has 1 atom stereocenters. The van der Waals surface area contributed by atoms with Gasteiger partial charge in [-0.15, -0.1) is 0 Å². The van der Waals surface area contributed by atoms with Crippen molar-refractivity contribution in [3.63, 3.8) is 0 Å². The van der Waals surface area contributed by atoms with Gasteiger partial charge in [-0.2, -0.15) is 0 Å². The molecule has 2 aliphatic rings. The minimum Gasteiger partial charge on any atom is -0.491 e. The molecular weight excluding hydrogens is 352 g/mol. The third-order valence-electron chi connectivity index (χ3n) is 5.54. The molecular formula is C22H28N4O2. The van der Waals surface area contributed by atoms with Gasteiger partial charge >= 0.3 is 0 Å². The maximum atomic E-state index is 12.2. The molecule has 1 aromatic carbocycles. The minimum absolute atomic E-state index is 0.101. The van der Waals surface area contributed by atoms with E-state index in [9.17, 15) is 4.79 Å². The summed E-state index contributed by atoms with van der Waals surface area (Å²) in [5.41, 5.74) is 4.49. The Morgan fingerprint density at radius 2 is 1.96 bits per heavy atom. The maximum absolute atomic E-state index is 12.2. The van der Waals surface area contributed by atoms with Crippen LogP contribution < -0.4 is 15.4 Å². The summed E-state index contributed by atoms with van der Waals surface area (Å²) in [6.45, 7) is 5.64. The van der Waals surface area contributed by atoms with Crippen LogP contribution in [-0.4, -0.2) is 35.1 Å². The average Bonchev–Trinajstić information content (AvgIpc) is 3.53. The van der Waals surface area contributed by atoms with E-state index in [1.54, 1.807) is 6.33 Å². The Balaban J connectivity index is 1.62. The fourth-order valence-corrected chi connectivity index (χ4v) is 3.76. The maximum Gasteiger partial charge on any atom is 0.227 e. The molecule has 0 unspecified atom stereocenters. The van der Waals surface area contributed by atoms with Gasteiger partial charge in [0, 0.05) is 40.2 Å². The van der Waals surface area contributed by atoms with Crippen molar-refractivity contribution in [2.75, 3.05) is 18.5 Å². The zero-order chi connectivity index (χ0) is 19.5. The number of piperidine rings is 1. The first-order valence-electron chi connectivity index (χ1n) is 10.2. The van der Waals surface area contributed by atoms with Crippen molar-refractivity contribution in [3.05, 3.63) is 35.9 Å². The van der Waals surface area contributed by atoms with Gasteiger partial charge in [-0.1, -0.05) is 6.42 Å². The van der Waals surface area contributed by atoms with Crippen LogP contribution in [0.2, 0.25) is 0 Å². The number of amides is 1. The molecule has 6 heteroatoms. The number of benzene rings is 1. The van der Waals surface area contributed by atoms with E-state index < -0.39 is 0 Å². The third kappa shape index (κ3) is 4.33. The van der Waals surface area contributed by atoms with Crippen LogP contribution in [0.25, 0.3) is 11.1 Å². The Labute approximate surface area is 166 Å². The molecule has 1 saturated heterocycles. The van der Waals surface area contributed by atoms with Gasteiger partial charge in [-0.25, -0.2) is 9.97 Å². The number of anilines is 1. The minimum atomic E-state index is 0.101. The first-order chi connectivity index (χ1) is 13.6. The molecule has 1 aromatic heterocycles. The molecule has 28 heavy (non-hydrogen) atoms. The SMILES string of the molecule is Cc1ncnc(C)c1-c1cc(NC(=O)C2CC2)ccc1OC[C@H]1CCCCN1. The molecule has 0 radical (unpaired) electrons. The van der Waals surface area contributed by atoms with Crippen molar-refractivity contribution in [2.24, 2.45) is 5.92 Å². The number of carbonyl (C=O) groups is 1. The van der Waals surface area contributed by atoms with Crippen LogP contribution in [0.5, 0.6) is 5.75 Å². The molecule has 0 bridgehead atoms. The lowest BCUT2D eigenvalue weighted by Crippen LogP contribution is -2.38. The fourth-order valence-electron chi connectivity index (χ4n) is 3.76. The van der Waals surface area contributed by atoms with E-state index in [0.717, 1.165) is 59.8 Å². The van der Waals surface area contributed by atoms with Gasteiger partial charge in [0.05, 0.1) is 0 Å². The number of aryl methyl sites for hydroxylation is 2. The van der Waals surface area contributed by atoms with Crippen LogP contribution in [0, 0.1) is 19.8 Å².